The first kappa shape index (κ1) is 26.2. The molecule has 2 atom stereocenters. The molecule has 4 N–H and O–H groups in total. The number of benzene rings is 1. The van der Waals surface area contributed by atoms with Crippen molar-refractivity contribution in [3.05, 3.63) is 76.1 Å². The van der Waals surface area contributed by atoms with Gasteiger partial charge in [0, 0.05) is 6.07 Å². The zero-order valence-corrected chi connectivity index (χ0v) is 20.8. The molecular formula is C25H28F2N6O4. The number of amides is 1. The molecule has 1 amide bonds. The Bertz CT molecular complexity index is 1410. The number of pyridine rings is 1. The fraction of sp³-hybridized carbons (Fsp3) is 0.360. The highest BCUT2D eigenvalue weighted by atomic mass is 19.1. The predicted molar refractivity (Wildman–Crippen MR) is 129 cm³/mol. The zero-order chi connectivity index (χ0) is 26.9. The van der Waals surface area contributed by atoms with Crippen LogP contribution in [0.5, 0.6) is 5.88 Å². The maximum atomic E-state index is 14.1. The lowest BCUT2D eigenvalue weighted by molar-refractivity contribution is 0.0904. The minimum Gasteiger partial charge on any atom is -0.473 e. The average Bonchev–Trinajstić information content (AvgIpc) is 3.46. The maximum Gasteiger partial charge on any atom is 0.256 e. The van der Waals surface area contributed by atoms with Crippen molar-refractivity contribution >= 4 is 11.4 Å². The number of hydrogen-bond donors (Lipinski definition) is 3. The van der Waals surface area contributed by atoms with Gasteiger partial charge in [-0.3, -0.25) is 4.79 Å². The van der Waals surface area contributed by atoms with Crippen LogP contribution in [0, 0.1) is 31.4 Å². The van der Waals surface area contributed by atoms with Gasteiger partial charge in [0.2, 0.25) is 17.7 Å². The monoisotopic (exact) mass is 514 g/mol. The molecule has 10 nitrogen and oxygen atoms in total. The summed E-state index contributed by atoms with van der Waals surface area (Å²) >= 11 is 0. The normalized spacial score (nSPS) is 13.2. The number of aliphatic hydroxyl groups excluding tert-OH is 1. The van der Waals surface area contributed by atoms with Gasteiger partial charge in [-0.15, -0.1) is 10.2 Å². The van der Waals surface area contributed by atoms with E-state index in [9.17, 15) is 18.7 Å². The van der Waals surface area contributed by atoms with Crippen molar-refractivity contribution in [1.29, 1.82) is 0 Å². The first-order valence-electron chi connectivity index (χ1n) is 11.7. The third-order valence-electron chi connectivity index (χ3n) is 5.92. The Kier molecular flexibility index (Phi) is 7.50. The van der Waals surface area contributed by atoms with Gasteiger partial charge < -0.3 is 25.3 Å². The van der Waals surface area contributed by atoms with Crippen LogP contribution in [0.25, 0.3) is 5.52 Å². The largest absolute Gasteiger partial charge is 0.473 e. The molecule has 2 unspecified atom stereocenters. The number of hydrogen-bond acceptors (Lipinski definition) is 8. The van der Waals surface area contributed by atoms with Gasteiger partial charge in [0.25, 0.3) is 5.91 Å². The number of carbonyl (C=O) groups excluding carboxylic acids is 1. The number of nitrogens with zero attached hydrogens (tertiary/aromatic N) is 4. The standard InChI is InChI=1S/C25H28F2N6O4/c1-12(2)22(28)25-31-30-24(37-25)18(10-34)29-23(35)21-14(4)32-33-19(21)8-13(3)9-20(33)36-11-15-16(26)6-5-7-17(15)27/h5-9,12,18,22,34H,10-11,28H2,1-4H3,(H,29,35). The second-order valence-electron chi connectivity index (χ2n) is 9.07. The van der Waals surface area contributed by atoms with E-state index in [1.807, 2.05) is 13.8 Å². The molecule has 12 heteroatoms. The molecule has 37 heavy (non-hydrogen) atoms. The quantitative estimate of drug-likeness (QED) is 0.309. The molecular weight excluding hydrogens is 486 g/mol. The van der Waals surface area contributed by atoms with Crippen molar-refractivity contribution in [2.45, 2.75) is 46.4 Å². The Morgan fingerprint density at radius 3 is 2.51 bits per heavy atom. The van der Waals surface area contributed by atoms with Gasteiger partial charge in [-0.1, -0.05) is 19.9 Å². The van der Waals surface area contributed by atoms with Gasteiger partial charge in [0.05, 0.1) is 35.0 Å². The van der Waals surface area contributed by atoms with E-state index >= 15 is 0 Å². The summed E-state index contributed by atoms with van der Waals surface area (Å²) in [5, 5.41) is 24.9. The molecule has 0 aliphatic carbocycles. The van der Waals surface area contributed by atoms with Crippen LogP contribution in [-0.4, -0.2) is 37.4 Å². The molecule has 0 saturated heterocycles. The Morgan fingerprint density at radius 2 is 1.86 bits per heavy atom. The summed E-state index contributed by atoms with van der Waals surface area (Å²) in [4.78, 5) is 13.3. The number of aromatic nitrogens is 4. The van der Waals surface area contributed by atoms with E-state index in [0.717, 1.165) is 17.7 Å². The lowest BCUT2D eigenvalue weighted by Gasteiger charge is -2.14. The molecule has 0 saturated carbocycles. The third-order valence-corrected chi connectivity index (χ3v) is 5.92. The first-order valence-corrected chi connectivity index (χ1v) is 11.7. The molecule has 3 heterocycles. The summed E-state index contributed by atoms with van der Waals surface area (Å²) in [6, 6.07) is 5.47. The highest BCUT2D eigenvalue weighted by Gasteiger charge is 2.27. The number of nitrogens with one attached hydrogen (secondary N) is 1. The van der Waals surface area contributed by atoms with Crippen LogP contribution < -0.4 is 15.8 Å². The number of carbonyl (C=O) groups is 1. The van der Waals surface area contributed by atoms with Crippen LogP contribution in [0.15, 0.2) is 34.7 Å². The van der Waals surface area contributed by atoms with Crippen molar-refractivity contribution in [3.8, 4) is 5.88 Å². The van der Waals surface area contributed by atoms with Crippen molar-refractivity contribution in [1.82, 2.24) is 25.1 Å². The minimum atomic E-state index is -0.980. The van der Waals surface area contributed by atoms with E-state index in [4.69, 9.17) is 14.9 Å². The van der Waals surface area contributed by atoms with E-state index in [1.54, 1.807) is 26.0 Å². The predicted octanol–water partition coefficient (Wildman–Crippen LogP) is 3.31. The van der Waals surface area contributed by atoms with E-state index in [-0.39, 0.29) is 41.3 Å². The van der Waals surface area contributed by atoms with Gasteiger partial charge in [0.15, 0.2) is 0 Å². The molecule has 0 fully saturated rings. The van der Waals surface area contributed by atoms with E-state index in [0.29, 0.717) is 11.2 Å². The van der Waals surface area contributed by atoms with E-state index in [1.165, 1.54) is 10.6 Å². The lowest BCUT2D eigenvalue weighted by atomic mass is 10.1. The minimum absolute atomic E-state index is 0.0168. The molecule has 0 bridgehead atoms. The van der Waals surface area contributed by atoms with Crippen LogP contribution in [0.4, 0.5) is 8.78 Å². The van der Waals surface area contributed by atoms with E-state index < -0.39 is 36.2 Å². The highest BCUT2D eigenvalue weighted by molar-refractivity contribution is 6.02. The molecule has 0 aliphatic heterocycles. The summed E-state index contributed by atoms with van der Waals surface area (Å²) in [6.45, 7) is 6.36. The molecule has 1 aromatic carbocycles. The third kappa shape index (κ3) is 5.30. The fourth-order valence-corrected chi connectivity index (χ4v) is 3.78. The topological polar surface area (TPSA) is 141 Å². The molecule has 196 valence electrons. The Labute approximate surface area is 211 Å². The smallest absolute Gasteiger partial charge is 0.256 e. The number of nitrogens with two attached hydrogens (primary N) is 1. The zero-order valence-electron chi connectivity index (χ0n) is 20.8. The molecule has 3 aromatic heterocycles. The molecule has 4 rings (SSSR count). The van der Waals surface area contributed by atoms with E-state index in [2.05, 4.69) is 20.6 Å². The second kappa shape index (κ2) is 10.6. The average molecular weight is 515 g/mol. The highest BCUT2D eigenvalue weighted by Crippen LogP contribution is 2.26. The van der Waals surface area contributed by atoms with Gasteiger partial charge in [-0.25, -0.2) is 8.78 Å². The van der Waals surface area contributed by atoms with Crippen molar-refractivity contribution in [2.75, 3.05) is 6.61 Å². The number of halogens is 2. The van der Waals surface area contributed by atoms with Crippen LogP contribution in [-0.2, 0) is 6.61 Å². The van der Waals surface area contributed by atoms with Crippen LogP contribution in [0.3, 0.4) is 0 Å². The van der Waals surface area contributed by atoms with Crippen LogP contribution in [0.1, 0.15) is 64.9 Å². The van der Waals surface area contributed by atoms with Crippen LogP contribution >= 0.6 is 0 Å². The Balaban J connectivity index is 1.61. The number of ether oxygens (including phenoxy) is 1. The summed E-state index contributed by atoms with van der Waals surface area (Å²) in [5.41, 5.74) is 7.56. The van der Waals surface area contributed by atoms with Crippen molar-refractivity contribution in [3.63, 3.8) is 0 Å². The summed E-state index contributed by atoms with van der Waals surface area (Å²) in [6.07, 6.45) is 0. The van der Waals surface area contributed by atoms with Gasteiger partial charge in [-0.2, -0.15) is 9.61 Å². The molecule has 0 spiro atoms. The maximum absolute atomic E-state index is 14.1. The Hall–Kier alpha value is -3.90. The number of fused-ring (bicyclic) bond motifs is 1. The SMILES string of the molecule is Cc1cc(OCc2c(F)cccc2F)n2nc(C)c(C(=O)NC(CO)c3nnc(C(N)C(C)C)o3)c2c1. The first-order chi connectivity index (χ1) is 17.6. The lowest BCUT2D eigenvalue weighted by Crippen LogP contribution is -2.31. The fourth-order valence-electron chi connectivity index (χ4n) is 3.78. The number of aliphatic hydroxyl groups is 1. The van der Waals surface area contributed by atoms with Crippen molar-refractivity contribution < 1.29 is 27.8 Å². The Morgan fingerprint density at radius 1 is 1.19 bits per heavy atom. The summed E-state index contributed by atoms with van der Waals surface area (Å²) in [7, 11) is 0. The molecule has 0 aliphatic rings. The second-order valence-corrected chi connectivity index (χ2v) is 9.07. The number of aryl methyl sites for hydroxylation is 2. The summed E-state index contributed by atoms with van der Waals surface area (Å²) in [5.74, 6) is -1.54. The molecule has 0 radical (unpaired) electrons. The van der Waals surface area contributed by atoms with Gasteiger partial charge in [-0.05, 0) is 43.5 Å². The number of rotatable bonds is 9. The molecule has 4 aromatic rings. The van der Waals surface area contributed by atoms with Gasteiger partial charge in [0.1, 0.15) is 24.3 Å². The van der Waals surface area contributed by atoms with Crippen molar-refractivity contribution in [2.24, 2.45) is 11.7 Å². The van der Waals surface area contributed by atoms with Gasteiger partial charge >= 0.3 is 0 Å². The summed E-state index contributed by atoms with van der Waals surface area (Å²) < 4.78 is 40.8. The van der Waals surface area contributed by atoms with Crippen LogP contribution in [0.2, 0.25) is 0 Å².